The van der Waals surface area contributed by atoms with Gasteiger partial charge in [0.1, 0.15) is 0 Å². The molecule has 0 saturated carbocycles. The van der Waals surface area contributed by atoms with Gasteiger partial charge in [-0.3, -0.25) is 9.59 Å². The molecule has 0 spiro atoms. The Morgan fingerprint density at radius 1 is 1.19 bits per heavy atom. The van der Waals surface area contributed by atoms with Crippen molar-refractivity contribution in [1.29, 1.82) is 0 Å². The third-order valence-corrected chi connectivity index (χ3v) is 4.31. The van der Waals surface area contributed by atoms with E-state index in [9.17, 15) is 9.59 Å². The minimum Gasteiger partial charge on any atom is -0.481 e. The first-order chi connectivity index (χ1) is 10.1. The molecule has 0 aromatic heterocycles. The number of aliphatic carboxylic acids is 1. The van der Waals surface area contributed by atoms with Crippen LogP contribution in [0, 0.1) is 0 Å². The van der Waals surface area contributed by atoms with Crippen LogP contribution in [0.4, 0.5) is 0 Å². The van der Waals surface area contributed by atoms with Gasteiger partial charge in [0.25, 0.3) is 0 Å². The Morgan fingerprint density at radius 3 is 2.57 bits per heavy atom. The molecule has 2 rings (SSSR count). The molecule has 2 fully saturated rings. The summed E-state index contributed by atoms with van der Waals surface area (Å²) < 4.78 is 10.9. The summed E-state index contributed by atoms with van der Waals surface area (Å²) in [5.74, 6) is -0.958. The Labute approximate surface area is 125 Å². The molecule has 21 heavy (non-hydrogen) atoms. The van der Waals surface area contributed by atoms with E-state index in [4.69, 9.17) is 14.6 Å². The molecule has 0 aromatic rings. The molecular weight excluding hydrogens is 274 g/mol. The first-order valence-corrected chi connectivity index (χ1v) is 7.82. The van der Waals surface area contributed by atoms with Gasteiger partial charge in [-0.15, -0.1) is 0 Å². The second-order valence-corrected chi connectivity index (χ2v) is 6.04. The van der Waals surface area contributed by atoms with E-state index >= 15 is 0 Å². The summed E-state index contributed by atoms with van der Waals surface area (Å²) >= 11 is 0. The minimum absolute atomic E-state index is 0.0397. The number of ether oxygens (including phenoxy) is 2. The van der Waals surface area contributed by atoms with Crippen molar-refractivity contribution in [3.8, 4) is 0 Å². The van der Waals surface area contributed by atoms with E-state index in [-0.39, 0.29) is 18.4 Å². The molecule has 0 aromatic carbocycles. The van der Waals surface area contributed by atoms with Gasteiger partial charge >= 0.3 is 5.97 Å². The summed E-state index contributed by atoms with van der Waals surface area (Å²) in [5, 5.41) is 12.0. The van der Waals surface area contributed by atoms with Gasteiger partial charge in [-0.25, -0.2) is 0 Å². The SMILES string of the molecule is O=C(O)CC1(NC(=O)CCC2CCCCO2)CCOCC1. The van der Waals surface area contributed by atoms with Crippen molar-refractivity contribution in [2.75, 3.05) is 19.8 Å². The fraction of sp³-hybridized carbons (Fsp3) is 0.867. The van der Waals surface area contributed by atoms with Crippen molar-refractivity contribution in [3.63, 3.8) is 0 Å². The van der Waals surface area contributed by atoms with Gasteiger partial charge in [-0.05, 0) is 38.5 Å². The van der Waals surface area contributed by atoms with Crippen LogP contribution in [0.2, 0.25) is 0 Å². The highest BCUT2D eigenvalue weighted by molar-refractivity contribution is 5.78. The summed E-state index contributed by atoms with van der Waals surface area (Å²) in [6, 6.07) is 0. The smallest absolute Gasteiger partial charge is 0.305 e. The van der Waals surface area contributed by atoms with Gasteiger partial charge in [0.05, 0.1) is 18.1 Å². The summed E-state index contributed by atoms with van der Waals surface area (Å²) in [6.45, 7) is 1.78. The second-order valence-electron chi connectivity index (χ2n) is 6.04. The first-order valence-electron chi connectivity index (χ1n) is 7.82. The maximum Gasteiger partial charge on any atom is 0.305 e. The van der Waals surface area contributed by atoms with Crippen LogP contribution in [-0.4, -0.2) is 48.4 Å². The van der Waals surface area contributed by atoms with E-state index in [1.165, 1.54) is 0 Å². The number of hydrogen-bond donors (Lipinski definition) is 2. The van der Waals surface area contributed by atoms with Crippen LogP contribution in [0.15, 0.2) is 0 Å². The predicted octanol–water partition coefficient (Wildman–Crippen LogP) is 1.48. The lowest BCUT2D eigenvalue weighted by Crippen LogP contribution is -2.53. The molecule has 1 unspecified atom stereocenters. The van der Waals surface area contributed by atoms with Crippen LogP contribution in [0.5, 0.6) is 0 Å². The first kappa shape index (κ1) is 16.2. The van der Waals surface area contributed by atoms with E-state index in [0.29, 0.717) is 38.9 Å². The summed E-state index contributed by atoms with van der Waals surface area (Å²) in [7, 11) is 0. The van der Waals surface area contributed by atoms with Crippen LogP contribution < -0.4 is 5.32 Å². The zero-order chi connectivity index (χ0) is 15.1. The van der Waals surface area contributed by atoms with Crippen molar-refractivity contribution in [2.24, 2.45) is 0 Å². The summed E-state index contributed by atoms with van der Waals surface area (Å²) in [5.41, 5.74) is -0.644. The Hall–Kier alpha value is -1.14. The number of hydrogen-bond acceptors (Lipinski definition) is 4. The normalized spacial score (nSPS) is 25.2. The average molecular weight is 299 g/mol. The van der Waals surface area contributed by atoms with E-state index in [1.807, 2.05) is 0 Å². The molecule has 2 N–H and O–H groups in total. The lowest BCUT2D eigenvalue weighted by Gasteiger charge is -2.37. The number of carbonyl (C=O) groups excluding carboxylic acids is 1. The van der Waals surface area contributed by atoms with Gasteiger partial charge < -0.3 is 19.9 Å². The monoisotopic (exact) mass is 299 g/mol. The highest BCUT2D eigenvalue weighted by Crippen LogP contribution is 2.25. The molecule has 0 bridgehead atoms. The molecule has 6 heteroatoms. The molecular formula is C15H25NO5. The fourth-order valence-corrected chi connectivity index (χ4v) is 3.08. The molecule has 2 heterocycles. The molecule has 2 aliphatic rings. The van der Waals surface area contributed by atoms with Crippen molar-refractivity contribution in [1.82, 2.24) is 5.32 Å². The minimum atomic E-state index is -0.882. The van der Waals surface area contributed by atoms with Crippen molar-refractivity contribution in [3.05, 3.63) is 0 Å². The van der Waals surface area contributed by atoms with Gasteiger partial charge in [0.2, 0.25) is 5.91 Å². The number of amides is 1. The van der Waals surface area contributed by atoms with E-state index in [0.717, 1.165) is 25.9 Å². The number of carboxylic acids is 1. The van der Waals surface area contributed by atoms with Gasteiger partial charge in [-0.1, -0.05) is 0 Å². The Kier molecular flexibility index (Phi) is 5.99. The van der Waals surface area contributed by atoms with Gasteiger partial charge in [-0.2, -0.15) is 0 Å². The fourth-order valence-electron chi connectivity index (χ4n) is 3.08. The molecule has 0 aliphatic carbocycles. The molecule has 2 saturated heterocycles. The van der Waals surface area contributed by atoms with Crippen molar-refractivity contribution in [2.45, 2.75) is 63.0 Å². The molecule has 2 aliphatic heterocycles. The maximum absolute atomic E-state index is 12.1. The average Bonchev–Trinajstić information content (AvgIpc) is 2.46. The van der Waals surface area contributed by atoms with Crippen LogP contribution in [0.3, 0.4) is 0 Å². The van der Waals surface area contributed by atoms with Gasteiger partial charge in [0.15, 0.2) is 0 Å². The van der Waals surface area contributed by atoms with Crippen molar-refractivity contribution < 1.29 is 24.2 Å². The third-order valence-electron chi connectivity index (χ3n) is 4.31. The highest BCUT2D eigenvalue weighted by Gasteiger charge is 2.36. The summed E-state index contributed by atoms with van der Waals surface area (Å²) in [6.07, 6.45) is 5.64. The number of rotatable bonds is 6. The van der Waals surface area contributed by atoms with Crippen LogP contribution >= 0.6 is 0 Å². The molecule has 1 atom stereocenters. The quantitative estimate of drug-likeness (QED) is 0.776. The van der Waals surface area contributed by atoms with Crippen LogP contribution in [0.1, 0.15) is 51.4 Å². The third kappa shape index (κ3) is 5.28. The Morgan fingerprint density at radius 2 is 1.95 bits per heavy atom. The largest absolute Gasteiger partial charge is 0.481 e. The van der Waals surface area contributed by atoms with E-state index < -0.39 is 11.5 Å². The molecule has 6 nitrogen and oxygen atoms in total. The number of nitrogens with one attached hydrogen (secondary N) is 1. The molecule has 120 valence electrons. The van der Waals surface area contributed by atoms with Gasteiger partial charge in [0, 0.05) is 26.2 Å². The standard InChI is InChI=1S/C15H25NO5/c17-13(5-4-12-3-1-2-8-21-12)16-15(11-14(18)19)6-9-20-10-7-15/h12H,1-11H2,(H,16,17)(H,18,19). The number of carbonyl (C=O) groups is 2. The van der Waals surface area contributed by atoms with Crippen LogP contribution in [-0.2, 0) is 19.1 Å². The predicted molar refractivity (Wildman–Crippen MR) is 76.0 cm³/mol. The van der Waals surface area contributed by atoms with E-state index in [2.05, 4.69) is 5.32 Å². The zero-order valence-electron chi connectivity index (χ0n) is 12.4. The van der Waals surface area contributed by atoms with Crippen molar-refractivity contribution >= 4 is 11.9 Å². The van der Waals surface area contributed by atoms with Crippen LogP contribution in [0.25, 0.3) is 0 Å². The lowest BCUT2D eigenvalue weighted by molar-refractivity contribution is -0.140. The number of carboxylic acid groups (broad SMARTS) is 1. The zero-order valence-corrected chi connectivity index (χ0v) is 12.4. The second kappa shape index (κ2) is 7.75. The lowest BCUT2D eigenvalue weighted by atomic mass is 9.86. The topological polar surface area (TPSA) is 84.9 Å². The van der Waals surface area contributed by atoms with E-state index in [1.54, 1.807) is 0 Å². The summed E-state index contributed by atoms with van der Waals surface area (Å²) in [4.78, 5) is 23.2. The molecule has 0 radical (unpaired) electrons. The highest BCUT2D eigenvalue weighted by atomic mass is 16.5. The Bertz CT molecular complexity index is 359. The molecule has 1 amide bonds. The maximum atomic E-state index is 12.1. The Balaban J connectivity index is 1.81.